The van der Waals surface area contributed by atoms with Gasteiger partial charge in [0.1, 0.15) is 0 Å². The highest BCUT2D eigenvalue weighted by Crippen LogP contribution is 2.22. The number of hydrogen-bond donors (Lipinski definition) is 0. The predicted octanol–water partition coefficient (Wildman–Crippen LogP) is 3.62. The Bertz CT molecular complexity index is 383. The molecule has 0 amide bonds. The molecule has 0 fully saturated rings. The zero-order valence-corrected chi connectivity index (χ0v) is 13.4. The standard InChI is InChI=1S/C14H23NOS2/c1-5-15(6-2)7-8-17-10-14(16)13-9-11(3)18-12(13)4/h9H,5-8,10H2,1-4H3. The number of ketones is 1. The number of hydrogen-bond acceptors (Lipinski definition) is 4. The smallest absolute Gasteiger partial charge is 0.173 e. The van der Waals surface area contributed by atoms with E-state index >= 15 is 0 Å². The summed E-state index contributed by atoms with van der Waals surface area (Å²) in [7, 11) is 0. The molecule has 0 aliphatic rings. The van der Waals surface area contributed by atoms with E-state index in [0.29, 0.717) is 5.75 Å². The number of thioether (sulfide) groups is 1. The number of thiophene rings is 1. The van der Waals surface area contributed by atoms with Crippen molar-refractivity contribution < 1.29 is 4.79 Å². The second kappa shape index (κ2) is 7.97. The van der Waals surface area contributed by atoms with Gasteiger partial charge in [-0.1, -0.05) is 13.8 Å². The summed E-state index contributed by atoms with van der Waals surface area (Å²) in [4.78, 5) is 16.8. The third kappa shape index (κ3) is 4.75. The summed E-state index contributed by atoms with van der Waals surface area (Å²) in [5, 5.41) is 0. The first-order valence-electron chi connectivity index (χ1n) is 6.48. The van der Waals surface area contributed by atoms with Crippen LogP contribution in [0.3, 0.4) is 0 Å². The van der Waals surface area contributed by atoms with Gasteiger partial charge in [-0.3, -0.25) is 4.79 Å². The van der Waals surface area contributed by atoms with Gasteiger partial charge in [0.15, 0.2) is 5.78 Å². The minimum Gasteiger partial charge on any atom is -0.303 e. The molecule has 1 aromatic rings. The van der Waals surface area contributed by atoms with Gasteiger partial charge >= 0.3 is 0 Å². The fraction of sp³-hybridized carbons (Fsp3) is 0.643. The van der Waals surface area contributed by atoms with E-state index in [9.17, 15) is 4.79 Å². The number of aryl methyl sites for hydroxylation is 2. The Morgan fingerprint density at radius 3 is 2.50 bits per heavy atom. The van der Waals surface area contributed by atoms with E-state index in [0.717, 1.165) is 35.8 Å². The molecule has 0 bridgehead atoms. The van der Waals surface area contributed by atoms with Crippen molar-refractivity contribution in [2.24, 2.45) is 0 Å². The van der Waals surface area contributed by atoms with Crippen LogP contribution in [0.1, 0.15) is 34.0 Å². The summed E-state index contributed by atoms with van der Waals surface area (Å²) >= 11 is 3.46. The molecule has 0 aliphatic heterocycles. The highest BCUT2D eigenvalue weighted by atomic mass is 32.2. The molecule has 1 aromatic heterocycles. The maximum Gasteiger partial charge on any atom is 0.173 e. The summed E-state index contributed by atoms with van der Waals surface area (Å²) in [6.07, 6.45) is 0. The topological polar surface area (TPSA) is 20.3 Å². The molecule has 4 heteroatoms. The zero-order chi connectivity index (χ0) is 13.5. The van der Waals surface area contributed by atoms with E-state index in [1.54, 1.807) is 23.1 Å². The molecular formula is C14H23NOS2. The van der Waals surface area contributed by atoms with Crippen LogP contribution in [0.15, 0.2) is 6.07 Å². The van der Waals surface area contributed by atoms with Crippen molar-refractivity contribution in [3.8, 4) is 0 Å². The SMILES string of the molecule is CCN(CC)CCSCC(=O)c1cc(C)sc1C. The van der Waals surface area contributed by atoms with Crippen LogP contribution < -0.4 is 0 Å². The van der Waals surface area contributed by atoms with Crippen LogP contribution in [-0.2, 0) is 0 Å². The van der Waals surface area contributed by atoms with Crippen molar-refractivity contribution in [3.05, 3.63) is 21.4 Å². The Morgan fingerprint density at radius 2 is 2.00 bits per heavy atom. The van der Waals surface area contributed by atoms with Crippen molar-refractivity contribution >= 4 is 28.9 Å². The summed E-state index contributed by atoms with van der Waals surface area (Å²) in [5.74, 6) is 1.93. The second-order valence-corrected chi connectivity index (χ2v) is 6.90. The van der Waals surface area contributed by atoms with Gasteiger partial charge in [0.05, 0.1) is 5.75 Å². The largest absolute Gasteiger partial charge is 0.303 e. The van der Waals surface area contributed by atoms with Gasteiger partial charge in [0.25, 0.3) is 0 Å². The first-order chi connectivity index (χ1) is 8.58. The van der Waals surface area contributed by atoms with Gasteiger partial charge < -0.3 is 4.90 Å². The lowest BCUT2D eigenvalue weighted by Gasteiger charge is -2.17. The molecule has 0 saturated heterocycles. The monoisotopic (exact) mass is 285 g/mol. The minimum absolute atomic E-state index is 0.279. The van der Waals surface area contributed by atoms with E-state index in [-0.39, 0.29) is 5.78 Å². The van der Waals surface area contributed by atoms with Crippen LogP contribution in [0.4, 0.5) is 0 Å². The maximum absolute atomic E-state index is 12.0. The van der Waals surface area contributed by atoms with Crippen LogP contribution in [0.2, 0.25) is 0 Å². The highest BCUT2D eigenvalue weighted by molar-refractivity contribution is 8.00. The molecule has 1 heterocycles. The number of rotatable bonds is 8. The lowest BCUT2D eigenvalue weighted by molar-refractivity contribution is 0.102. The lowest BCUT2D eigenvalue weighted by atomic mass is 10.2. The molecular weight excluding hydrogens is 262 g/mol. The Morgan fingerprint density at radius 1 is 1.33 bits per heavy atom. The Hall–Kier alpha value is -0.320. The number of Topliss-reactive ketones (excluding diaryl/α,β-unsaturated/α-hetero) is 1. The van der Waals surface area contributed by atoms with Crippen LogP contribution in [0.25, 0.3) is 0 Å². The van der Waals surface area contributed by atoms with Crippen molar-refractivity contribution in [1.29, 1.82) is 0 Å². The fourth-order valence-corrected chi connectivity index (χ4v) is 3.70. The second-order valence-electron chi connectivity index (χ2n) is 4.33. The molecule has 0 radical (unpaired) electrons. The summed E-state index contributed by atoms with van der Waals surface area (Å²) in [6, 6.07) is 2.02. The third-order valence-corrected chi connectivity index (χ3v) is 4.92. The molecule has 0 unspecified atom stereocenters. The lowest BCUT2D eigenvalue weighted by Crippen LogP contribution is -2.25. The van der Waals surface area contributed by atoms with Gasteiger partial charge in [-0.25, -0.2) is 0 Å². The average molecular weight is 285 g/mol. The molecule has 0 atom stereocenters. The van der Waals surface area contributed by atoms with Gasteiger partial charge in [-0.05, 0) is 33.0 Å². The Kier molecular flexibility index (Phi) is 6.97. The van der Waals surface area contributed by atoms with Gasteiger partial charge in [0.2, 0.25) is 0 Å². The first kappa shape index (κ1) is 15.7. The number of carbonyl (C=O) groups is 1. The van der Waals surface area contributed by atoms with E-state index in [4.69, 9.17) is 0 Å². The molecule has 102 valence electrons. The molecule has 18 heavy (non-hydrogen) atoms. The third-order valence-electron chi connectivity index (χ3n) is 3.02. The van der Waals surface area contributed by atoms with Crippen LogP contribution in [-0.4, -0.2) is 41.8 Å². The quantitative estimate of drug-likeness (QED) is 0.537. The summed E-state index contributed by atoms with van der Waals surface area (Å²) in [6.45, 7) is 11.7. The molecule has 0 aliphatic carbocycles. The Balaban J connectivity index is 2.32. The van der Waals surface area contributed by atoms with Crippen molar-refractivity contribution in [2.75, 3.05) is 31.1 Å². The van der Waals surface area contributed by atoms with Crippen molar-refractivity contribution in [1.82, 2.24) is 4.90 Å². The zero-order valence-electron chi connectivity index (χ0n) is 11.8. The number of nitrogens with zero attached hydrogens (tertiary/aromatic N) is 1. The molecule has 1 rings (SSSR count). The van der Waals surface area contributed by atoms with E-state index < -0.39 is 0 Å². The number of carbonyl (C=O) groups excluding carboxylic acids is 1. The highest BCUT2D eigenvalue weighted by Gasteiger charge is 2.11. The molecule has 2 nitrogen and oxygen atoms in total. The Labute approximate surface area is 119 Å². The normalized spacial score (nSPS) is 11.2. The molecule has 0 saturated carbocycles. The summed E-state index contributed by atoms with van der Waals surface area (Å²) < 4.78 is 0. The molecule has 0 aromatic carbocycles. The fourth-order valence-electron chi connectivity index (χ4n) is 1.88. The molecule has 0 N–H and O–H groups in total. The minimum atomic E-state index is 0.279. The van der Waals surface area contributed by atoms with Crippen molar-refractivity contribution in [3.63, 3.8) is 0 Å². The van der Waals surface area contributed by atoms with Crippen LogP contribution >= 0.6 is 23.1 Å². The molecule has 0 spiro atoms. The van der Waals surface area contributed by atoms with Crippen LogP contribution in [0, 0.1) is 13.8 Å². The summed E-state index contributed by atoms with van der Waals surface area (Å²) in [5.41, 5.74) is 0.924. The van der Waals surface area contributed by atoms with Gasteiger partial charge in [-0.2, -0.15) is 11.8 Å². The van der Waals surface area contributed by atoms with Crippen LogP contribution in [0.5, 0.6) is 0 Å². The van der Waals surface area contributed by atoms with E-state index in [1.165, 1.54) is 4.88 Å². The van der Waals surface area contributed by atoms with E-state index in [2.05, 4.69) is 25.7 Å². The van der Waals surface area contributed by atoms with Gasteiger partial charge in [-0.15, -0.1) is 11.3 Å². The maximum atomic E-state index is 12.0. The predicted molar refractivity (Wildman–Crippen MR) is 83.2 cm³/mol. The first-order valence-corrected chi connectivity index (χ1v) is 8.45. The van der Waals surface area contributed by atoms with E-state index in [1.807, 2.05) is 13.0 Å². The van der Waals surface area contributed by atoms with Gasteiger partial charge in [0, 0.05) is 27.6 Å². The average Bonchev–Trinajstić information content (AvgIpc) is 2.68. The van der Waals surface area contributed by atoms with Crippen molar-refractivity contribution in [2.45, 2.75) is 27.7 Å².